The third-order valence-corrected chi connectivity index (χ3v) is 9.91. The fourth-order valence-electron chi connectivity index (χ4n) is 9.53. The van der Waals surface area contributed by atoms with Crippen molar-refractivity contribution in [3.63, 3.8) is 0 Å². The normalized spacial score (nSPS) is 47.3. The van der Waals surface area contributed by atoms with E-state index < -0.39 is 5.97 Å². The minimum atomic E-state index is -0.467. The largest absolute Gasteiger partial charge is 0.456 e. The minimum absolute atomic E-state index is 0.0472. The second-order valence-electron chi connectivity index (χ2n) is 12.2. The van der Waals surface area contributed by atoms with Gasteiger partial charge in [0.05, 0.1) is 0 Å². The molecule has 1 amide bonds. The fourth-order valence-corrected chi connectivity index (χ4v) is 9.53. The minimum Gasteiger partial charge on any atom is -0.456 e. The lowest BCUT2D eigenvalue weighted by Gasteiger charge is -2.55. The van der Waals surface area contributed by atoms with Gasteiger partial charge in [0.1, 0.15) is 6.54 Å². The van der Waals surface area contributed by atoms with Crippen LogP contribution in [-0.4, -0.2) is 30.8 Å². The average Bonchev–Trinajstić information content (AvgIpc) is 2.68. The average molecular weight is 414 g/mol. The molecule has 8 aliphatic carbocycles. The van der Waals surface area contributed by atoms with Crippen molar-refractivity contribution in [1.82, 2.24) is 5.32 Å². The van der Waals surface area contributed by atoms with E-state index in [9.17, 15) is 14.4 Å². The van der Waals surface area contributed by atoms with E-state index in [2.05, 4.69) is 5.32 Å². The van der Waals surface area contributed by atoms with Crippen molar-refractivity contribution in [1.29, 1.82) is 0 Å². The number of carbonyl (C=O) groups is 3. The maximum absolute atomic E-state index is 13.0. The fraction of sp³-hybridized carbons (Fsp3) is 0.880. The highest BCUT2D eigenvalue weighted by atomic mass is 16.5. The molecule has 0 saturated heterocycles. The first-order valence-electron chi connectivity index (χ1n) is 12.4. The van der Waals surface area contributed by atoms with E-state index in [1.54, 1.807) is 0 Å². The molecule has 0 spiro atoms. The predicted octanol–water partition coefficient (Wildman–Crippen LogP) is 3.65. The molecule has 0 atom stereocenters. The standard InChI is InChI=1S/C25H35NO4/c27-21(24-7-15-1-16(8-24)3-17(2-15)9-24)14-30-22(28)13-26-23(29)25-10-18-4-19(11-25)6-20(5-18)12-25/h15-20H,1-14H2,(H,26,29). The van der Waals surface area contributed by atoms with Crippen LogP contribution < -0.4 is 5.32 Å². The molecule has 0 aromatic rings. The number of ketones is 1. The maximum atomic E-state index is 13.0. The summed E-state index contributed by atoms with van der Waals surface area (Å²) in [6.07, 6.45) is 13.7. The van der Waals surface area contributed by atoms with Gasteiger partial charge >= 0.3 is 5.97 Å². The lowest BCUT2D eigenvalue weighted by atomic mass is 9.48. The number of hydrogen-bond acceptors (Lipinski definition) is 4. The van der Waals surface area contributed by atoms with Crippen LogP contribution >= 0.6 is 0 Å². The molecule has 0 aromatic heterocycles. The van der Waals surface area contributed by atoms with E-state index in [0.29, 0.717) is 35.5 Å². The summed E-state index contributed by atoms with van der Waals surface area (Å²) < 4.78 is 5.36. The predicted molar refractivity (Wildman–Crippen MR) is 110 cm³/mol. The molecule has 0 unspecified atom stereocenters. The molecular weight excluding hydrogens is 378 g/mol. The summed E-state index contributed by atoms with van der Waals surface area (Å²) in [6.45, 7) is -0.215. The molecule has 1 N–H and O–H groups in total. The zero-order valence-electron chi connectivity index (χ0n) is 18.0. The number of nitrogens with one attached hydrogen (secondary N) is 1. The molecule has 8 bridgehead atoms. The van der Waals surface area contributed by atoms with E-state index >= 15 is 0 Å². The highest BCUT2D eigenvalue weighted by Crippen LogP contribution is 2.61. The SMILES string of the molecule is O=C(CNC(=O)C12CC3CC(CC(C3)C1)C2)OCC(=O)C12CC3CC(CC(C3)C1)C2. The van der Waals surface area contributed by atoms with E-state index in [1.165, 1.54) is 38.5 Å². The molecule has 30 heavy (non-hydrogen) atoms. The van der Waals surface area contributed by atoms with Gasteiger partial charge in [0.2, 0.25) is 5.91 Å². The van der Waals surface area contributed by atoms with Gasteiger partial charge in [0.15, 0.2) is 12.4 Å². The Hall–Kier alpha value is -1.39. The zero-order chi connectivity index (χ0) is 20.5. The molecule has 0 radical (unpaired) electrons. The quantitative estimate of drug-likeness (QED) is 0.675. The lowest BCUT2D eigenvalue weighted by molar-refractivity contribution is -0.158. The second kappa shape index (κ2) is 6.80. The molecule has 5 nitrogen and oxygen atoms in total. The molecule has 8 fully saturated rings. The first kappa shape index (κ1) is 19.3. The highest BCUT2D eigenvalue weighted by Gasteiger charge is 2.55. The Morgan fingerprint density at radius 2 is 1.07 bits per heavy atom. The number of carbonyl (C=O) groups excluding carboxylic acids is 3. The topological polar surface area (TPSA) is 72.5 Å². The van der Waals surface area contributed by atoms with Crippen LogP contribution in [0.2, 0.25) is 0 Å². The number of Topliss-reactive ketones (excluding diaryl/α,β-unsaturated/α-hetero) is 1. The van der Waals surface area contributed by atoms with Gasteiger partial charge in [-0.1, -0.05) is 0 Å². The number of hydrogen-bond donors (Lipinski definition) is 1. The Morgan fingerprint density at radius 1 is 0.667 bits per heavy atom. The van der Waals surface area contributed by atoms with Crippen LogP contribution in [0.3, 0.4) is 0 Å². The first-order valence-corrected chi connectivity index (χ1v) is 12.4. The summed E-state index contributed by atoms with van der Waals surface area (Å²) >= 11 is 0. The molecule has 8 aliphatic rings. The van der Waals surface area contributed by atoms with Gasteiger partial charge in [0, 0.05) is 10.8 Å². The van der Waals surface area contributed by atoms with E-state index in [-0.39, 0.29) is 35.7 Å². The summed E-state index contributed by atoms with van der Waals surface area (Å²) in [7, 11) is 0. The van der Waals surface area contributed by atoms with Crippen LogP contribution in [0.4, 0.5) is 0 Å². The molecule has 8 saturated carbocycles. The second-order valence-corrected chi connectivity index (χ2v) is 12.2. The van der Waals surface area contributed by atoms with Crippen molar-refractivity contribution in [3.8, 4) is 0 Å². The lowest BCUT2D eigenvalue weighted by Crippen LogP contribution is -2.54. The van der Waals surface area contributed by atoms with Gasteiger partial charge in [0.25, 0.3) is 0 Å². The number of ether oxygens (including phenoxy) is 1. The summed E-state index contributed by atoms with van der Waals surface area (Å²) in [4.78, 5) is 38.3. The Bertz CT molecular complexity index is 639. The van der Waals surface area contributed by atoms with Gasteiger partial charge in [-0.3, -0.25) is 14.4 Å². The summed E-state index contributed by atoms with van der Waals surface area (Å²) in [6, 6.07) is 0. The Labute approximate surface area is 179 Å². The number of rotatable bonds is 6. The van der Waals surface area contributed by atoms with Crippen molar-refractivity contribution in [2.24, 2.45) is 46.3 Å². The molecule has 0 aliphatic heterocycles. The molecule has 5 heteroatoms. The third-order valence-electron chi connectivity index (χ3n) is 9.91. The number of esters is 1. The monoisotopic (exact) mass is 413 g/mol. The smallest absolute Gasteiger partial charge is 0.325 e. The first-order chi connectivity index (χ1) is 14.4. The Kier molecular flexibility index (Phi) is 4.38. The van der Waals surface area contributed by atoms with E-state index in [1.807, 2.05) is 0 Å². The molecule has 0 heterocycles. The van der Waals surface area contributed by atoms with Crippen molar-refractivity contribution in [2.45, 2.75) is 77.0 Å². The van der Waals surface area contributed by atoms with E-state index in [0.717, 1.165) is 38.5 Å². The van der Waals surface area contributed by atoms with Gasteiger partial charge < -0.3 is 10.1 Å². The number of amides is 1. The van der Waals surface area contributed by atoms with Crippen LogP contribution in [0.5, 0.6) is 0 Å². The van der Waals surface area contributed by atoms with E-state index in [4.69, 9.17) is 4.74 Å². The highest BCUT2D eigenvalue weighted by molar-refractivity contribution is 5.90. The van der Waals surface area contributed by atoms with Gasteiger partial charge in [-0.05, 0) is 113 Å². The summed E-state index contributed by atoms with van der Waals surface area (Å²) in [5, 5.41) is 2.87. The molecular formula is C25H35NO4. The van der Waals surface area contributed by atoms with Crippen molar-refractivity contribution >= 4 is 17.7 Å². The molecule has 8 rings (SSSR count). The van der Waals surface area contributed by atoms with Crippen LogP contribution in [0.1, 0.15) is 77.0 Å². The zero-order valence-corrected chi connectivity index (χ0v) is 18.0. The van der Waals surface area contributed by atoms with Crippen LogP contribution in [0.25, 0.3) is 0 Å². The van der Waals surface area contributed by atoms with Crippen molar-refractivity contribution in [3.05, 3.63) is 0 Å². The Balaban J connectivity index is 1.01. The molecule has 164 valence electrons. The summed E-state index contributed by atoms with van der Waals surface area (Å²) in [5.74, 6) is 3.92. The maximum Gasteiger partial charge on any atom is 0.325 e. The van der Waals surface area contributed by atoms with Crippen LogP contribution in [-0.2, 0) is 19.1 Å². The Morgan fingerprint density at radius 3 is 1.50 bits per heavy atom. The summed E-state index contributed by atoms with van der Waals surface area (Å²) in [5.41, 5.74) is -0.471. The van der Waals surface area contributed by atoms with Gasteiger partial charge in [-0.2, -0.15) is 0 Å². The van der Waals surface area contributed by atoms with Crippen LogP contribution in [0, 0.1) is 46.3 Å². The van der Waals surface area contributed by atoms with Crippen molar-refractivity contribution in [2.75, 3.05) is 13.2 Å². The molecule has 0 aromatic carbocycles. The third kappa shape index (κ3) is 3.14. The van der Waals surface area contributed by atoms with Crippen LogP contribution in [0.15, 0.2) is 0 Å². The van der Waals surface area contributed by atoms with Gasteiger partial charge in [-0.15, -0.1) is 0 Å². The van der Waals surface area contributed by atoms with Crippen molar-refractivity contribution < 1.29 is 19.1 Å². The van der Waals surface area contributed by atoms with Gasteiger partial charge in [-0.25, -0.2) is 0 Å².